The van der Waals surface area contributed by atoms with Gasteiger partial charge in [-0.3, -0.25) is 4.79 Å². The maximum absolute atomic E-state index is 10.7. The van der Waals surface area contributed by atoms with Crippen molar-refractivity contribution in [3.63, 3.8) is 0 Å². The number of carboxylic acid groups (broad SMARTS) is 1. The first-order valence-electron chi connectivity index (χ1n) is 11.6. The quantitative estimate of drug-likeness (QED) is 0.242. The van der Waals surface area contributed by atoms with E-state index in [4.69, 9.17) is 5.11 Å². The van der Waals surface area contributed by atoms with Crippen LogP contribution in [0, 0.1) is 11.3 Å². The minimum Gasteiger partial charge on any atom is -0.481 e. The van der Waals surface area contributed by atoms with Gasteiger partial charge in [-0.05, 0) is 43.9 Å². The molecule has 3 N–H and O–H groups in total. The van der Waals surface area contributed by atoms with Gasteiger partial charge in [0.2, 0.25) is 0 Å². The molecule has 0 aliphatic heterocycles. The van der Waals surface area contributed by atoms with Gasteiger partial charge < -0.3 is 15.3 Å². The Balaban J connectivity index is 2.73. The molecule has 0 spiro atoms. The number of hydrogen-bond acceptors (Lipinski definition) is 3. The van der Waals surface area contributed by atoms with Crippen LogP contribution in [0.1, 0.15) is 105 Å². The summed E-state index contributed by atoms with van der Waals surface area (Å²) >= 11 is 0. The molecule has 0 amide bonds. The lowest BCUT2D eigenvalue weighted by Gasteiger charge is -2.21. The zero-order valence-electron chi connectivity index (χ0n) is 19.1. The summed E-state index contributed by atoms with van der Waals surface area (Å²) in [5.74, 6) is -0.714. The van der Waals surface area contributed by atoms with E-state index in [-0.39, 0.29) is 17.8 Å². The summed E-state index contributed by atoms with van der Waals surface area (Å²) < 4.78 is 0. The van der Waals surface area contributed by atoms with Crippen molar-refractivity contribution in [2.24, 2.45) is 11.3 Å². The molecule has 168 valence electrons. The van der Waals surface area contributed by atoms with Crippen LogP contribution in [0.3, 0.4) is 0 Å². The summed E-state index contributed by atoms with van der Waals surface area (Å²) in [6, 6.07) is 0. The molecule has 29 heavy (non-hydrogen) atoms. The monoisotopic (exact) mass is 408 g/mol. The van der Waals surface area contributed by atoms with Gasteiger partial charge in [-0.1, -0.05) is 83.1 Å². The summed E-state index contributed by atoms with van der Waals surface area (Å²) in [6.45, 7) is 8.86. The number of carboxylic acids is 1. The summed E-state index contributed by atoms with van der Waals surface area (Å²) in [5, 5.41) is 29.7. The van der Waals surface area contributed by atoms with Gasteiger partial charge in [0.1, 0.15) is 0 Å². The molecule has 4 nitrogen and oxygen atoms in total. The van der Waals surface area contributed by atoms with Crippen molar-refractivity contribution < 1.29 is 20.1 Å². The molecule has 0 aromatic carbocycles. The van der Waals surface area contributed by atoms with E-state index in [9.17, 15) is 15.0 Å². The highest BCUT2D eigenvalue weighted by atomic mass is 16.4. The van der Waals surface area contributed by atoms with E-state index in [1.54, 1.807) is 0 Å². The Hall–Kier alpha value is -1.13. The van der Waals surface area contributed by atoms with Crippen LogP contribution in [0.15, 0.2) is 23.3 Å². The van der Waals surface area contributed by atoms with E-state index in [0.717, 1.165) is 70.6 Å². The third kappa shape index (κ3) is 11.0. The molecule has 0 aromatic rings. The van der Waals surface area contributed by atoms with Gasteiger partial charge in [-0.25, -0.2) is 0 Å². The van der Waals surface area contributed by atoms with Gasteiger partial charge in [0, 0.05) is 12.3 Å². The maximum Gasteiger partial charge on any atom is 0.303 e. The van der Waals surface area contributed by atoms with Crippen molar-refractivity contribution in [3.8, 4) is 0 Å². The van der Waals surface area contributed by atoms with Crippen molar-refractivity contribution in [2.45, 2.75) is 117 Å². The molecule has 0 aromatic heterocycles. The van der Waals surface area contributed by atoms with Crippen molar-refractivity contribution in [3.05, 3.63) is 23.3 Å². The predicted octanol–water partition coefficient (Wildman–Crippen LogP) is 6.02. The predicted molar refractivity (Wildman–Crippen MR) is 120 cm³/mol. The molecular formula is C25H44O4. The number of aliphatic hydroxyl groups excluding tert-OH is 2. The normalized spacial score (nSPS) is 21.3. The van der Waals surface area contributed by atoms with Crippen LogP contribution in [-0.4, -0.2) is 33.5 Å². The van der Waals surface area contributed by atoms with Crippen molar-refractivity contribution in [1.82, 2.24) is 0 Å². The maximum atomic E-state index is 10.7. The van der Waals surface area contributed by atoms with Gasteiger partial charge in [-0.15, -0.1) is 0 Å². The first kappa shape index (κ1) is 25.9. The van der Waals surface area contributed by atoms with E-state index in [2.05, 4.69) is 27.7 Å². The first-order valence-corrected chi connectivity index (χ1v) is 11.6. The Morgan fingerprint density at radius 1 is 1.14 bits per heavy atom. The SMILES string of the molecule is CCCCC[C@H](O)/C=C/[C@@H]1C(CCCCCCC(=O)O)=C(CC(C)(C)C)C[C@H]1O. The summed E-state index contributed by atoms with van der Waals surface area (Å²) in [6.07, 6.45) is 13.8. The zero-order chi connectivity index (χ0) is 21.9. The Labute approximate surface area is 178 Å². The molecule has 0 saturated carbocycles. The third-order valence-corrected chi connectivity index (χ3v) is 5.70. The molecule has 3 atom stereocenters. The second kappa shape index (κ2) is 13.2. The van der Waals surface area contributed by atoms with Gasteiger partial charge >= 0.3 is 5.97 Å². The molecule has 0 fully saturated rings. The Morgan fingerprint density at radius 3 is 2.45 bits per heavy atom. The highest BCUT2D eigenvalue weighted by Gasteiger charge is 2.32. The Bertz CT molecular complexity index is 542. The van der Waals surface area contributed by atoms with E-state index in [0.29, 0.717) is 0 Å². The fourth-order valence-electron chi connectivity index (χ4n) is 4.29. The largest absolute Gasteiger partial charge is 0.481 e. The number of carbonyl (C=O) groups is 1. The van der Waals surface area contributed by atoms with Crippen molar-refractivity contribution >= 4 is 5.97 Å². The van der Waals surface area contributed by atoms with Crippen LogP contribution in [0.25, 0.3) is 0 Å². The molecule has 0 unspecified atom stereocenters. The molecular weight excluding hydrogens is 364 g/mol. The molecule has 1 aliphatic rings. The number of aliphatic hydroxyl groups is 2. The molecule has 1 aliphatic carbocycles. The highest BCUT2D eigenvalue weighted by Crippen LogP contribution is 2.41. The molecule has 0 bridgehead atoms. The smallest absolute Gasteiger partial charge is 0.303 e. The lowest BCUT2D eigenvalue weighted by atomic mass is 9.85. The second-order valence-corrected chi connectivity index (χ2v) is 9.92. The highest BCUT2D eigenvalue weighted by molar-refractivity contribution is 5.66. The Kier molecular flexibility index (Phi) is 11.8. The zero-order valence-corrected chi connectivity index (χ0v) is 19.1. The van der Waals surface area contributed by atoms with Crippen molar-refractivity contribution in [2.75, 3.05) is 0 Å². The van der Waals surface area contributed by atoms with E-state index in [1.807, 2.05) is 12.2 Å². The lowest BCUT2D eigenvalue weighted by molar-refractivity contribution is -0.137. The fourth-order valence-corrected chi connectivity index (χ4v) is 4.29. The van der Waals surface area contributed by atoms with Crippen molar-refractivity contribution in [1.29, 1.82) is 0 Å². The van der Waals surface area contributed by atoms with Crippen LogP contribution in [0.5, 0.6) is 0 Å². The van der Waals surface area contributed by atoms with Crippen LogP contribution < -0.4 is 0 Å². The molecule has 0 saturated heterocycles. The average molecular weight is 409 g/mol. The lowest BCUT2D eigenvalue weighted by Crippen LogP contribution is -2.15. The molecule has 0 radical (unpaired) electrons. The first-order chi connectivity index (χ1) is 13.6. The average Bonchev–Trinajstić information content (AvgIpc) is 2.88. The molecule has 4 heteroatoms. The van der Waals surface area contributed by atoms with E-state index >= 15 is 0 Å². The third-order valence-electron chi connectivity index (χ3n) is 5.70. The van der Waals surface area contributed by atoms with Crippen LogP contribution >= 0.6 is 0 Å². The van der Waals surface area contributed by atoms with Crippen LogP contribution in [0.4, 0.5) is 0 Å². The number of hydrogen-bond donors (Lipinski definition) is 3. The molecule has 1 rings (SSSR count). The minimum absolute atomic E-state index is 0.00666. The van der Waals surface area contributed by atoms with Gasteiger partial charge in [0.15, 0.2) is 0 Å². The Morgan fingerprint density at radius 2 is 1.83 bits per heavy atom. The summed E-state index contributed by atoms with van der Waals surface area (Å²) in [7, 11) is 0. The van der Waals surface area contributed by atoms with E-state index in [1.165, 1.54) is 11.1 Å². The number of rotatable bonds is 14. The standard InChI is InChI=1S/C25H44O4/c1-5-6-9-12-20(26)15-16-22-21(13-10-7-8-11-14-24(28)29)19(17-23(22)27)18-25(2,3)4/h15-16,20,22-23,26-27H,5-14,17-18H2,1-4H3,(H,28,29)/b16-15+/t20-,22+,23+/m0/s1. The van der Waals surface area contributed by atoms with Crippen LogP contribution in [-0.2, 0) is 4.79 Å². The fraction of sp³-hybridized carbons (Fsp3) is 0.800. The van der Waals surface area contributed by atoms with E-state index < -0.39 is 18.2 Å². The summed E-state index contributed by atoms with van der Waals surface area (Å²) in [4.78, 5) is 10.6. The second-order valence-electron chi connectivity index (χ2n) is 9.92. The topological polar surface area (TPSA) is 77.8 Å². The molecule has 0 heterocycles. The number of aliphatic carboxylic acids is 1. The minimum atomic E-state index is -0.721. The van der Waals surface area contributed by atoms with Crippen LogP contribution in [0.2, 0.25) is 0 Å². The van der Waals surface area contributed by atoms with Gasteiger partial charge in [0.25, 0.3) is 0 Å². The van der Waals surface area contributed by atoms with Gasteiger partial charge in [0.05, 0.1) is 12.2 Å². The van der Waals surface area contributed by atoms with Gasteiger partial charge in [-0.2, -0.15) is 0 Å². The number of unbranched alkanes of at least 4 members (excludes halogenated alkanes) is 5. The summed E-state index contributed by atoms with van der Waals surface area (Å²) in [5.41, 5.74) is 2.91.